The van der Waals surface area contributed by atoms with Crippen LogP contribution in [-0.4, -0.2) is 28.1 Å². The van der Waals surface area contributed by atoms with Crippen LogP contribution in [0, 0.1) is 5.95 Å². The summed E-state index contributed by atoms with van der Waals surface area (Å²) in [5.41, 5.74) is -1.40. The Morgan fingerprint density at radius 2 is 1.50 bits per heavy atom. The molecule has 0 spiro atoms. The first-order valence-electron chi connectivity index (χ1n) is 6.96. The van der Waals surface area contributed by atoms with Crippen molar-refractivity contribution in [3.63, 3.8) is 0 Å². The van der Waals surface area contributed by atoms with E-state index in [9.17, 15) is 14.0 Å². The van der Waals surface area contributed by atoms with Crippen molar-refractivity contribution in [2.75, 3.05) is 0 Å². The first-order valence-corrected chi connectivity index (χ1v) is 6.96. The van der Waals surface area contributed by atoms with E-state index in [0.29, 0.717) is 0 Å². The number of carbonyl (C=O) groups excluding carboxylic acids is 2. The van der Waals surface area contributed by atoms with Crippen molar-refractivity contribution >= 4 is 11.9 Å². The molecule has 0 radical (unpaired) electrons. The highest BCUT2D eigenvalue weighted by Crippen LogP contribution is 2.24. The Bertz CT molecular complexity index is 530. The van der Waals surface area contributed by atoms with Gasteiger partial charge in [0.15, 0.2) is 5.92 Å². The third-order valence-electron chi connectivity index (χ3n) is 2.37. The minimum atomic E-state index is -1.35. The number of pyridine rings is 1. The molecule has 5 nitrogen and oxygen atoms in total. The summed E-state index contributed by atoms with van der Waals surface area (Å²) in [7, 11) is 0. The molecule has 0 atom stereocenters. The fraction of sp³-hybridized carbons (Fsp3) is 0.562. The molecule has 0 aliphatic heterocycles. The van der Waals surface area contributed by atoms with Crippen molar-refractivity contribution in [1.29, 1.82) is 0 Å². The number of hydrogen-bond donors (Lipinski definition) is 0. The predicted octanol–water partition coefficient (Wildman–Crippen LogP) is 2.99. The van der Waals surface area contributed by atoms with Crippen LogP contribution < -0.4 is 0 Å². The van der Waals surface area contributed by atoms with Crippen LogP contribution in [0.3, 0.4) is 0 Å². The lowest BCUT2D eigenvalue weighted by atomic mass is 9.99. The van der Waals surface area contributed by atoms with Gasteiger partial charge in [0.2, 0.25) is 5.95 Å². The molecular formula is C16H22FNO4. The third-order valence-corrected chi connectivity index (χ3v) is 2.37. The number of hydrogen-bond acceptors (Lipinski definition) is 5. The maximum absolute atomic E-state index is 13.3. The second kappa shape index (κ2) is 6.42. The van der Waals surface area contributed by atoms with Crippen molar-refractivity contribution in [3.05, 3.63) is 29.8 Å². The van der Waals surface area contributed by atoms with E-state index in [0.717, 1.165) is 6.07 Å². The van der Waals surface area contributed by atoms with E-state index >= 15 is 0 Å². The van der Waals surface area contributed by atoms with Crippen molar-refractivity contribution in [2.24, 2.45) is 0 Å². The maximum atomic E-state index is 13.3. The summed E-state index contributed by atoms with van der Waals surface area (Å²) in [6.45, 7) is 10.1. The van der Waals surface area contributed by atoms with Crippen molar-refractivity contribution in [2.45, 2.75) is 58.7 Å². The molecule has 6 heteroatoms. The number of nitrogens with zero attached hydrogens (tertiary/aromatic N) is 1. The molecule has 1 heterocycles. The molecule has 0 aromatic carbocycles. The molecule has 122 valence electrons. The lowest BCUT2D eigenvalue weighted by molar-refractivity contribution is -0.169. The topological polar surface area (TPSA) is 65.5 Å². The summed E-state index contributed by atoms with van der Waals surface area (Å²) in [4.78, 5) is 28.1. The quantitative estimate of drug-likeness (QED) is 0.488. The first-order chi connectivity index (χ1) is 9.89. The van der Waals surface area contributed by atoms with Crippen LogP contribution in [-0.2, 0) is 19.1 Å². The largest absolute Gasteiger partial charge is 0.459 e. The molecule has 0 fully saturated rings. The zero-order chi connectivity index (χ0) is 17.1. The molecular weight excluding hydrogens is 289 g/mol. The van der Waals surface area contributed by atoms with Crippen LogP contribution >= 0.6 is 0 Å². The zero-order valence-corrected chi connectivity index (χ0v) is 13.8. The molecule has 0 saturated carbocycles. The predicted molar refractivity (Wildman–Crippen MR) is 78.6 cm³/mol. The van der Waals surface area contributed by atoms with Gasteiger partial charge < -0.3 is 9.47 Å². The summed E-state index contributed by atoms with van der Waals surface area (Å²) in [5.74, 6) is -3.70. The van der Waals surface area contributed by atoms with Crippen LogP contribution in [0.2, 0.25) is 0 Å². The van der Waals surface area contributed by atoms with Gasteiger partial charge in [0.25, 0.3) is 0 Å². The lowest BCUT2D eigenvalue weighted by Gasteiger charge is -2.26. The van der Waals surface area contributed by atoms with Crippen molar-refractivity contribution in [3.8, 4) is 0 Å². The minimum absolute atomic E-state index is 0.149. The lowest BCUT2D eigenvalue weighted by Crippen LogP contribution is -2.35. The monoisotopic (exact) mass is 311 g/mol. The van der Waals surface area contributed by atoms with Gasteiger partial charge in [-0.2, -0.15) is 4.39 Å². The Labute approximate surface area is 129 Å². The number of rotatable bonds is 3. The van der Waals surface area contributed by atoms with E-state index in [1.807, 2.05) is 0 Å². The van der Waals surface area contributed by atoms with E-state index in [-0.39, 0.29) is 5.56 Å². The van der Waals surface area contributed by atoms with Gasteiger partial charge in [0.05, 0.1) is 0 Å². The Kier molecular flexibility index (Phi) is 5.27. The molecule has 0 saturated heterocycles. The molecule has 0 unspecified atom stereocenters. The van der Waals surface area contributed by atoms with Crippen LogP contribution in [0.1, 0.15) is 53.0 Å². The normalized spacial score (nSPS) is 12.2. The highest BCUT2D eigenvalue weighted by atomic mass is 19.1. The second-order valence-corrected chi connectivity index (χ2v) is 6.91. The summed E-state index contributed by atoms with van der Waals surface area (Å²) in [5, 5.41) is 0. The fourth-order valence-electron chi connectivity index (χ4n) is 1.69. The molecule has 0 N–H and O–H groups in total. The van der Waals surface area contributed by atoms with Gasteiger partial charge in [-0.05, 0) is 59.2 Å². The highest BCUT2D eigenvalue weighted by molar-refractivity contribution is 6.01. The van der Waals surface area contributed by atoms with Crippen LogP contribution in [0.15, 0.2) is 18.3 Å². The molecule has 0 amide bonds. The molecule has 1 aromatic rings. The van der Waals surface area contributed by atoms with E-state index < -0.39 is 35.0 Å². The van der Waals surface area contributed by atoms with Gasteiger partial charge in [0.1, 0.15) is 11.2 Å². The number of ether oxygens (including phenoxy) is 2. The number of esters is 2. The molecule has 1 rings (SSSR count). The van der Waals surface area contributed by atoms with Crippen LogP contribution in [0.25, 0.3) is 0 Å². The standard InChI is InChI=1S/C16H22FNO4/c1-15(2,3)21-13(19)12(14(20)22-16(4,5)6)10-7-8-18-11(17)9-10/h7-9,12H,1-6H3. The smallest absolute Gasteiger partial charge is 0.325 e. The highest BCUT2D eigenvalue weighted by Gasteiger charge is 2.36. The van der Waals surface area contributed by atoms with E-state index in [4.69, 9.17) is 9.47 Å². The van der Waals surface area contributed by atoms with Crippen LogP contribution in [0.4, 0.5) is 4.39 Å². The van der Waals surface area contributed by atoms with E-state index in [1.165, 1.54) is 12.3 Å². The Hall–Kier alpha value is -1.98. The summed E-state index contributed by atoms with van der Waals surface area (Å²) < 4.78 is 23.8. The third kappa shape index (κ3) is 5.79. The summed E-state index contributed by atoms with van der Waals surface area (Å²) >= 11 is 0. The fourth-order valence-corrected chi connectivity index (χ4v) is 1.69. The number of carbonyl (C=O) groups is 2. The van der Waals surface area contributed by atoms with Gasteiger partial charge in [-0.1, -0.05) is 0 Å². The van der Waals surface area contributed by atoms with Gasteiger partial charge in [0, 0.05) is 6.20 Å². The first kappa shape index (κ1) is 18.1. The summed E-state index contributed by atoms with van der Waals surface area (Å²) in [6, 6.07) is 2.42. The molecule has 0 aliphatic carbocycles. The van der Waals surface area contributed by atoms with Gasteiger partial charge in [-0.15, -0.1) is 0 Å². The van der Waals surface area contributed by atoms with Crippen molar-refractivity contribution < 1.29 is 23.5 Å². The SMILES string of the molecule is CC(C)(C)OC(=O)C(C(=O)OC(C)(C)C)c1ccnc(F)c1. The average molecular weight is 311 g/mol. The minimum Gasteiger partial charge on any atom is -0.459 e. The Morgan fingerprint density at radius 1 is 1.05 bits per heavy atom. The Morgan fingerprint density at radius 3 is 1.86 bits per heavy atom. The molecule has 0 bridgehead atoms. The summed E-state index contributed by atoms with van der Waals surface area (Å²) in [6.07, 6.45) is 1.19. The number of halogens is 1. The average Bonchev–Trinajstić information content (AvgIpc) is 2.23. The molecule has 22 heavy (non-hydrogen) atoms. The van der Waals surface area contributed by atoms with Crippen molar-refractivity contribution in [1.82, 2.24) is 4.98 Å². The zero-order valence-electron chi connectivity index (χ0n) is 13.8. The number of aromatic nitrogens is 1. The maximum Gasteiger partial charge on any atom is 0.325 e. The van der Waals surface area contributed by atoms with Gasteiger partial charge >= 0.3 is 11.9 Å². The van der Waals surface area contributed by atoms with Gasteiger partial charge in [-0.25, -0.2) is 4.98 Å². The van der Waals surface area contributed by atoms with Crippen LogP contribution in [0.5, 0.6) is 0 Å². The van der Waals surface area contributed by atoms with E-state index in [1.54, 1.807) is 41.5 Å². The van der Waals surface area contributed by atoms with E-state index in [2.05, 4.69) is 4.98 Å². The molecule has 1 aromatic heterocycles. The Balaban J connectivity index is 3.15. The second-order valence-electron chi connectivity index (χ2n) is 6.91. The van der Waals surface area contributed by atoms with Gasteiger partial charge in [-0.3, -0.25) is 9.59 Å². The molecule has 0 aliphatic rings.